The van der Waals surface area contributed by atoms with Crippen LogP contribution in [0.5, 0.6) is 0 Å². The van der Waals surface area contributed by atoms with Gasteiger partial charge >= 0.3 is 0 Å². The second-order valence-electron chi connectivity index (χ2n) is 4.64. The van der Waals surface area contributed by atoms with Gasteiger partial charge in [-0.2, -0.15) is 0 Å². The van der Waals surface area contributed by atoms with Gasteiger partial charge in [0.25, 0.3) is 11.8 Å². The average molecular weight is 293 g/mol. The second kappa shape index (κ2) is 5.09. The highest BCUT2D eigenvalue weighted by atomic mass is 32.1. The average Bonchev–Trinajstić information content (AvgIpc) is 2.88. The smallest absolute Gasteiger partial charge is 0.265 e. The Kier molecular flexibility index (Phi) is 3.63. The Balaban J connectivity index is 2.38. The van der Waals surface area contributed by atoms with Crippen molar-refractivity contribution in [1.29, 1.82) is 0 Å². The Labute approximate surface area is 122 Å². The molecule has 0 aromatic carbocycles. The van der Waals surface area contributed by atoms with Crippen molar-refractivity contribution < 1.29 is 14.0 Å². The van der Waals surface area contributed by atoms with Crippen LogP contribution in [0.3, 0.4) is 0 Å². The number of thiocarbonyl (C=S) groups is 1. The van der Waals surface area contributed by atoms with Crippen LogP contribution in [0.4, 0.5) is 5.88 Å². The fourth-order valence-corrected chi connectivity index (χ4v) is 1.94. The van der Waals surface area contributed by atoms with E-state index >= 15 is 0 Å². The molecule has 2 heterocycles. The number of carbonyl (C=O) groups is 2. The SMILES string of the molecule is CN1C(=O)C(=Cc2ccc(N(C)C)o2)C(=O)N(C)C1=S. The molecule has 0 N–H and O–H groups in total. The number of furan rings is 1. The summed E-state index contributed by atoms with van der Waals surface area (Å²) in [5.74, 6) is 0.228. The lowest BCUT2D eigenvalue weighted by molar-refractivity contribution is -0.132. The van der Waals surface area contributed by atoms with Gasteiger partial charge in [-0.05, 0) is 24.4 Å². The molecule has 1 aromatic rings. The first-order valence-corrected chi connectivity index (χ1v) is 6.32. The van der Waals surface area contributed by atoms with Gasteiger partial charge in [0.15, 0.2) is 11.0 Å². The normalized spacial score (nSPS) is 16.0. The molecular formula is C13H15N3O3S. The highest BCUT2D eigenvalue weighted by molar-refractivity contribution is 7.80. The minimum absolute atomic E-state index is 0.0308. The first-order chi connectivity index (χ1) is 9.32. The van der Waals surface area contributed by atoms with Crippen LogP contribution in [-0.4, -0.2) is 54.9 Å². The Bertz CT molecular complexity index is 592. The van der Waals surface area contributed by atoms with Crippen LogP contribution in [0.25, 0.3) is 6.08 Å². The fraction of sp³-hybridized carbons (Fsp3) is 0.308. The van der Waals surface area contributed by atoms with Crippen LogP contribution in [0, 0.1) is 0 Å². The van der Waals surface area contributed by atoms with Crippen molar-refractivity contribution in [3.63, 3.8) is 0 Å². The maximum Gasteiger partial charge on any atom is 0.265 e. The van der Waals surface area contributed by atoms with E-state index in [0.717, 1.165) is 0 Å². The molecule has 1 aliphatic rings. The Morgan fingerprint density at radius 2 is 1.70 bits per heavy atom. The zero-order valence-electron chi connectivity index (χ0n) is 11.7. The first kappa shape index (κ1) is 14.3. The summed E-state index contributed by atoms with van der Waals surface area (Å²) in [6.45, 7) is 0. The molecule has 0 unspecified atom stereocenters. The molecule has 1 saturated heterocycles. The summed E-state index contributed by atoms with van der Waals surface area (Å²) in [6.07, 6.45) is 1.44. The van der Waals surface area contributed by atoms with E-state index in [1.807, 2.05) is 14.1 Å². The van der Waals surface area contributed by atoms with Crippen LogP contribution < -0.4 is 4.90 Å². The highest BCUT2D eigenvalue weighted by Gasteiger charge is 2.35. The Morgan fingerprint density at radius 1 is 1.15 bits per heavy atom. The minimum atomic E-state index is -0.430. The van der Waals surface area contributed by atoms with Gasteiger partial charge in [0.1, 0.15) is 11.3 Å². The largest absolute Gasteiger partial charge is 0.441 e. The summed E-state index contributed by atoms with van der Waals surface area (Å²) in [5, 5.41) is 0.186. The number of carbonyl (C=O) groups excluding carboxylic acids is 2. The van der Waals surface area contributed by atoms with Crippen molar-refractivity contribution in [3.05, 3.63) is 23.5 Å². The van der Waals surface area contributed by atoms with Gasteiger partial charge < -0.3 is 9.32 Å². The second-order valence-corrected chi connectivity index (χ2v) is 5.00. The van der Waals surface area contributed by atoms with E-state index in [1.165, 1.54) is 30.0 Å². The molecule has 2 amide bonds. The Morgan fingerprint density at radius 3 is 2.15 bits per heavy atom. The molecule has 0 saturated carbocycles. The topological polar surface area (TPSA) is 57.0 Å². The van der Waals surface area contributed by atoms with Crippen LogP contribution in [-0.2, 0) is 9.59 Å². The highest BCUT2D eigenvalue weighted by Crippen LogP contribution is 2.21. The molecule has 0 aliphatic carbocycles. The minimum Gasteiger partial charge on any atom is -0.441 e. The third-order valence-corrected chi connectivity index (χ3v) is 3.53. The van der Waals surface area contributed by atoms with Crippen molar-refractivity contribution in [2.75, 3.05) is 33.1 Å². The third-order valence-electron chi connectivity index (χ3n) is 2.98. The fourth-order valence-electron chi connectivity index (χ4n) is 1.78. The van der Waals surface area contributed by atoms with E-state index in [-0.39, 0.29) is 10.7 Å². The van der Waals surface area contributed by atoms with Gasteiger partial charge in [-0.15, -0.1) is 0 Å². The number of amides is 2. The molecule has 1 aliphatic heterocycles. The summed E-state index contributed by atoms with van der Waals surface area (Å²) in [7, 11) is 6.75. The van der Waals surface area contributed by atoms with E-state index in [2.05, 4.69) is 0 Å². The lowest BCUT2D eigenvalue weighted by Crippen LogP contribution is -2.52. The predicted octanol–water partition coefficient (Wildman–Crippen LogP) is 0.944. The lowest BCUT2D eigenvalue weighted by atomic mass is 10.1. The molecule has 1 aromatic heterocycles. The maximum atomic E-state index is 12.1. The summed E-state index contributed by atoms with van der Waals surface area (Å²) in [6, 6.07) is 3.47. The van der Waals surface area contributed by atoms with Gasteiger partial charge in [0, 0.05) is 34.3 Å². The predicted molar refractivity (Wildman–Crippen MR) is 79.2 cm³/mol. The van der Waals surface area contributed by atoms with Crippen LogP contribution in [0.2, 0.25) is 0 Å². The lowest BCUT2D eigenvalue weighted by Gasteiger charge is -2.31. The molecule has 20 heavy (non-hydrogen) atoms. The quantitative estimate of drug-likeness (QED) is 0.461. The molecule has 0 spiro atoms. The molecule has 0 radical (unpaired) electrons. The number of rotatable bonds is 2. The standard InChI is InChI=1S/C13H15N3O3S/c1-14(2)10-6-5-8(19-10)7-9-11(17)15(3)13(20)16(4)12(9)18/h5-7H,1-4H3. The van der Waals surface area contributed by atoms with Crippen molar-refractivity contribution in [3.8, 4) is 0 Å². The molecule has 6 nitrogen and oxygen atoms in total. The first-order valence-electron chi connectivity index (χ1n) is 5.92. The van der Waals surface area contributed by atoms with E-state index in [9.17, 15) is 9.59 Å². The van der Waals surface area contributed by atoms with Crippen molar-refractivity contribution >= 4 is 41.1 Å². The van der Waals surface area contributed by atoms with Crippen molar-refractivity contribution in [1.82, 2.24) is 9.80 Å². The van der Waals surface area contributed by atoms with E-state index in [1.54, 1.807) is 17.0 Å². The summed E-state index contributed by atoms with van der Waals surface area (Å²) >= 11 is 5.01. The number of anilines is 1. The molecule has 0 atom stereocenters. The zero-order valence-corrected chi connectivity index (χ0v) is 12.5. The summed E-state index contributed by atoms with van der Waals surface area (Å²) in [4.78, 5) is 28.5. The third kappa shape index (κ3) is 2.32. The molecule has 1 fully saturated rings. The Hall–Kier alpha value is -2.15. The maximum absolute atomic E-state index is 12.1. The van der Waals surface area contributed by atoms with Gasteiger partial charge in [-0.3, -0.25) is 19.4 Å². The summed E-state index contributed by atoms with van der Waals surface area (Å²) < 4.78 is 5.52. The van der Waals surface area contributed by atoms with Gasteiger partial charge in [0.05, 0.1) is 0 Å². The molecule has 106 valence electrons. The molecule has 7 heteroatoms. The van der Waals surface area contributed by atoms with Gasteiger partial charge in [-0.25, -0.2) is 0 Å². The monoisotopic (exact) mass is 293 g/mol. The molecule has 0 bridgehead atoms. The zero-order chi connectivity index (χ0) is 15.0. The number of hydrogen-bond donors (Lipinski definition) is 0. The number of nitrogens with zero attached hydrogens (tertiary/aromatic N) is 3. The van der Waals surface area contributed by atoms with Gasteiger partial charge in [-0.1, -0.05) is 0 Å². The van der Waals surface area contributed by atoms with E-state index in [4.69, 9.17) is 16.6 Å². The van der Waals surface area contributed by atoms with Crippen LogP contribution in [0.1, 0.15) is 5.76 Å². The number of likely N-dealkylation sites (N-methyl/N-ethyl adjacent to an activating group) is 2. The van der Waals surface area contributed by atoms with E-state index in [0.29, 0.717) is 11.6 Å². The molecule has 2 rings (SSSR count). The van der Waals surface area contributed by atoms with E-state index < -0.39 is 11.8 Å². The van der Waals surface area contributed by atoms with Crippen LogP contribution in [0.15, 0.2) is 22.1 Å². The molecular weight excluding hydrogens is 278 g/mol. The number of hydrogen-bond acceptors (Lipinski definition) is 5. The van der Waals surface area contributed by atoms with Crippen LogP contribution >= 0.6 is 12.2 Å². The van der Waals surface area contributed by atoms with Crippen molar-refractivity contribution in [2.24, 2.45) is 0 Å². The van der Waals surface area contributed by atoms with Crippen molar-refractivity contribution in [2.45, 2.75) is 0 Å². The van der Waals surface area contributed by atoms with Gasteiger partial charge in [0.2, 0.25) is 0 Å². The summed E-state index contributed by atoms with van der Waals surface area (Å²) in [5.41, 5.74) is 0.0308.